The third kappa shape index (κ3) is 5.05. The van der Waals surface area contributed by atoms with Gasteiger partial charge >= 0.3 is 0 Å². The van der Waals surface area contributed by atoms with Crippen LogP contribution in [-0.4, -0.2) is 42.1 Å². The number of hydrogen-bond acceptors (Lipinski definition) is 6. The number of rotatable bonds is 6. The molecule has 0 bridgehead atoms. The van der Waals surface area contributed by atoms with Crippen LogP contribution >= 0.6 is 23.1 Å². The maximum Gasteiger partial charge on any atom is 0.233 e. The van der Waals surface area contributed by atoms with Gasteiger partial charge in [-0.05, 0) is 13.3 Å². The predicted molar refractivity (Wildman–Crippen MR) is 104 cm³/mol. The zero-order valence-corrected chi connectivity index (χ0v) is 16.3. The minimum absolute atomic E-state index is 0.0582. The quantitative estimate of drug-likeness (QED) is 0.812. The second-order valence-corrected chi connectivity index (χ2v) is 10.5. The van der Waals surface area contributed by atoms with Crippen molar-refractivity contribution in [3.05, 3.63) is 41.4 Å². The van der Waals surface area contributed by atoms with Crippen molar-refractivity contribution in [1.82, 2.24) is 10.3 Å². The van der Waals surface area contributed by atoms with E-state index in [1.165, 1.54) is 11.8 Å². The van der Waals surface area contributed by atoms with Crippen molar-refractivity contribution < 1.29 is 13.2 Å². The van der Waals surface area contributed by atoms with E-state index in [0.717, 1.165) is 16.3 Å². The molecule has 1 aromatic heterocycles. The third-order valence-corrected chi connectivity index (χ3v) is 7.89. The minimum Gasteiger partial charge on any atom is -0.351 e. The molecule has 8 heteroatoms. The lowest BCUT2D eigenvalue weighted by Gasteiger charge is -2.15. The van der Waals surface area contributed by atoms with Crippen molar-refractivity contribution in [3.63, 3.8) is 0 Å². The fourth-order valence-electron chi connectivity index (χ4n) is 2.60. The SMILES string of the molecule is C[C@H](SCc1csc(-c2ccccc2)n1)C(=O)N[C@H]1CCS(=O)(=O)C1. The molecule has 25 heavy (non-hydrogen) atoms. The average molecular weight is 397 g/mol. The fraction of sp³-hybridized carbons (Fsp3) is 0.412. The highest BCUT2D eigenvalue weighted by atomic mass is 32.2. The summed E-state index contributed by atoms with van der Waals surface area (Å²) < 4.78 is 22.9. The molecule has 1 amide bonds. The number of thioether (sulfide) groups is 1. The molecule has 0 aliphatic carbocycles. The highest BCUT2D eigenvalue weighted by Crippen LogP contribution is 2.26. The van der Waals surface area contributed by atoms with E-state index in [9.17, 15) is 13.2 Å². The largest absolute Gasteiger partial charge is 0.351 e. The van der Waals surface area contributed by atoms with Crippen LogP contribution in [0.3, 0.4) is 0 Å². The number of carbonyl (C=O) groups is 1. The van der Waals surface area contributed by atoms with E-state index >= 15 is 0 Å². The first-order chi connectivity index (χ1) is 11.9. The standard InChI is InChI=1S/C17H20N2O3S3/c1-12(16(20)18-14-7-8-25(21,22)11-14)23-9-15-10-24-17(19-15)13-5-3-2-4-6-13/h2-6,10,12,14H,7-9,11H2,1H3,(H,18,20)/t12-,14-/m0/s1. The Kier molecular flexibility index (Phi) is 5.81. The number of aromatic nitrogens is 1. The molecule has 1 aliphatic rings. The summed E-state index contributed by atoms with van der Waals surface area (Å²) in [7, 11) is -2.98. The first-order valence-corrected chi connectivity index (χ1v) is 11.8. The number of sulfone groups is 1. The molecule has 0 saturated carbocycles. The number of hydrogen-bond donors (Lipinski definition) is 1. The molecule has 3 rings (SSSR count). The van der Waals surface area contributed by atoms with Crippen molar-refractivity contribution >= 4 is 38.8 Å². The molecule has 134 valence electrons. The van der Waals surface area contributed by atoms with E-state index in [1.54, 1.807) is 11.3 Å². The lowest BCUT2D eigenvalue weighted by atomic mass is 10.2. The Morgan fingerprint density at radius 1 is 1.40 bits per heavy atom. The number of thiazole rings is 1. The number of carbonyl (C=O) groups excluding carboxylic acids is 1. The Morgan fingerprint density at radius 3 is 2.84 bits per heavy atom. The topological polar surface area (TPSA) is 76.1 Å². The molecular weight excluding hydrogens is 376 g/mol. The monoisotopic (exact) mass is 396 g/mol. The van der Waals surface area contributed by atoms with Crippen LogP contribution in [0.4, 0.5) is 0 Å². The highest BCUT2D eigenvalue weighted by molar-refractivity contribution is 7.99. The molecule has 2 atom stereocenters. The zero-order chi connectivity index (χ0) is 17.9. The summed E-state index contributed by atoms with van der Waals surface area (Å²) in [5.74, 6) is 0.773. The first-order valence-electron chi connectivity index (χ1n) is 8.05. The maximum absolute atomic E-state index is 12.2. The summed E-state index contributed by atoms with van der Waals surface area (Å²) in [6.07, 6.45) is 0.512. The van der Waals surface area contributed by atoms with Crippen molar-refractivity contribution in [2.75, 3.05) is 11.5 Å². The van der Waals surface area contributed by atoms with Crippen LogP contribution in [0, 0.1) is 0 Å². The highest BCUT2D eigenvalue weighted by Gasteiger charge is 2.30. The van der Waals surface area contributed by atoms with Gasteiger partial charge in [0.25, 0.3) is 0 Å². The lowest BCUT2D eigenvalue weighted by molar-refractivity contribution is -0.120. The van der Waals surface area contributed by atoms with Gasteiger partial charge in [-0.3, -0.25) is 4.79 Å². The molecule has 1 N–H and O–H groups in total. The Balaban J connectivity index is 1.50. The summed E-state index contributed by atoms with van der Waals surface area (Å²) in [6, 6.07) is 9.76. The molecule has 1 saturated heterocycles. The van der Waals surface area contributed by atoms with Gasteiger partial charge in [-0.2, -0.15) is 0 Å². The number of nitrogens with one attached hydrogen (secondary N) is 1. The smallest absolute Gasteiger partial charge is 0.233 e. The zero-order valence-electron chi connectivity index (χ0n) is 13.8. The fourth-order valence-corrected chi connectivity index (χ4v) is 5.99. The second-order valence-electron chi connectivity index (χ2n) is 6.07. The number of amides is 1. The Hall–Kier alpha value is -1.38. The molecule has 1 aromatic carbocycles. The van der Waals surface area contributed by atoms with Gasteiger partial charge < -0.3 is 5.32 Å². The van der Waals surface area contributed by atoms with Crippen molar-refractivity contribution in [1.29, 1.82) is 0 Å². The van der Waals surface area contributed by atoms with E-state index in [1.807, 2.05) is 42.6 Å². The van der Waals surface area contributed by atoms with Crippen molar-refractivity contribution in [2.45, 2.75) is 30.4 Å². The van der Waals surface area contributed by atoms with Crippen LogP contribution in [-0.2, 0) is 20.4 Å². The molecule has 0 unspecified atom stereocenters. The van der Waals surface area contributed by atoms with Crippen LogP contribution in [0.5, 0.6) is 0 Å². The second kappa shape index (κ2) is 7.88. The van der Waals surface area contributed by atoms with Gasteiger partial charge in [-0.1, -0.05) is 30.3 Å². The van der Waals surface area contributed by atoms with Gasteiger partial charge in [0.05, 0.1) is 22.4 Å². The summed E-state index contributed by atoms with van der Waals surface area (Å²) in [5, 5.41) is 5.59. The Labute approximate surface area is 156 Å². The van der Waals surface area contributed by atoms with E-state index in [4.69, 9.17) is 0 Å². The van der Waals surface area contributed by atoms with E-state index < -0.39 is 9.84 Å². The average Bonchev–Trinajstić information content (AvgIpc) is 3.19. The molecule has 2 aromatic rings. The minimum atomic E-state index is -2.98. The molecule has 1 aliphatic heterocycles. The third-order valence-electron chi connectivity index (χ3n) is 4.00. The molecule has 0 spiro atoms. The molecular formula is C17H20N2O3S3. The van der Waals surface area contributed by atoms with Gasteiger partial charge in [-0.15, -0.1) is 23.1 Å². The normalized spacial score (nSPS) is 20.3. The Bertz CT molecular complexity index is 834. The Morgan fingerprint density at radius 2 is 2.16 bits per heavy atom. The van der Waals surface area contributed by atoms with Crippen LogP contribution < -0.4 is 5.32 Å². The van der Waals surface area contributed by atoms with E-state index in [0.29, 0.717) is 12.2 Å². The number of benzene rings is 1. The van der Waals surface area contributed by atoms with Gasteiger partial charge in [0.15, 0.2) is 9.84 Å². The van der Waals surface area contributed by atoms with Gasteiger partial charge in [0.2, 0.25) is 5.91 Å². The van der Waals surface area contributed by atoms with Gasteiger partial charge in [0.1, 0.15) is 5.01 Å². The van der Waals surface area contributed by atoms with Gasteiger partial charge in [0, 0.05) is 22.7 Å². The van der Waals surface area contributed by atoms with Crippen LogP contribution in [0.1, 0.15) is 19.0 Å². The molecule has 2 heterocycles. The van der Waals surface area contributed by atoms with Crippen molar-refractivity contribution in [2.24, 2.45) is 0 Å². The van der Waals surface area contributed by atoms with Crippen LogP contribution in [0.15, 0.2) is 35.7 Å². The van der Waals surface area contributed by atoms with E-state index in [2.05, 4.69) is 10.3 Å². The molecule has 5 nitrogen and oxygen atoms in total. The predicted octanol–water partition coefficient (Wildman–Crippen LogP) is 2.74. The van der Waals surface area contributed by atoms with E-state index in [-0.39, 0.29) is 28.7 Å². The van der Waals surface area contributed by atoms with Gasteiger partial charge in [-0.25, -0.2) is 13.4 Å². The summed E-state index contributed by atoms with van der Waals surface area (Å²) in [5.41, 5.74) is 2.05. The summed E-state index contributed by atoms with van der Waals surface area (Å²) in [4.78, 5) is 16.8. The number of nitrogens with zero attached hydrogens (tertiary/aromatic N) is 1. The molecule has 1 fully saturated rings. The summed E-state index contributed by atoms with van der Waals surface area (Å²) >= 11 is 3.11. The van der Waals surface area contributed by atoms with Crippen molar-refractivity contribution in [3.8, 4) is 10.6 Å². The van der Waals surface area contributed by atoms with Crippen LogP contribution in [0.2, 0.25) is 0 Å². The molecule has 0 radical (unpaired) electrons. The first kappa shape index (κ1) is 18.4. The summed E-state index contributed by atoms with van der Waals surface area (Å²) in [6.45, 7) is 1.84. The van der Waals surface area contributed by atoms with Crippen LogP contribution in [0.25, 0.3) is 10.6 Å². The maximum atomic E-state index is 12.2. The lowest BCUT2D eigenvalue weighted by Crippen LogP contribution is -2.40.